The molecule has 2 aromatic heterocycles. The molecule has 0 spiro atoms. The Labute approximate surface area is 155 Å². The van der Waals surface area contributed by atoms with Gasteiger partial charge in [-0.25, -0.2) is 4.98 Å². The largest absolute Gasteiger partial charge is 0.444 e. The Morgan fingerprint density at radius 1 is 1.20 bits per heavy atom. The SMILES string of the molecule is CN(C)c1ccnc(NC2CCC(NC(=O)c3ccc(Br)o3)CC2)n1. The van der Waals surface area contributed by atoms with Crippen LogP contribution in [0.1, 0.15) is 36.2 Å². The van der Waals surface area contributed by atoms with Crippen molar-refractivity contribution in [2.75, 3.05) is 24.3 Å². The molecule has 7 nitrogen and oxygen atoms in total. The van der Waals surface area contributed by atoms with E-state index in [1.807, 2.05) is 25.1 Å². The fraction of sp³-hybridized carbons (Fsp3) is 0.471. The molecule has 2 aromatic rings. The van der Waals surface area contributed by atoms with E-state index in [0.29, 0.717) is 22.4 Å². The molecule has 0 aliphatic heterocycles. The summed E-state index contributed by atoms with van der Waals surface area (Å²) in [6, 6.07) is 5.76. The number of aromatic nitrogens is 2. The highest BCUT2D eigenvalue weighted by Gasteiger charge is 2.24. The predicted octanol–water partition coefficient (Wildman–Crippen LogP) is 3.05. The van der Waals surface area contributed by atoms with Crippen LogP contribution in [0.5, 0.6) is 0 Å². The smallest absolute Gasteiger partial charge is 0.287 e. The van der Waals surface area contributed by atoms with Crippen LogP contribution in [0.15, 0.2) is 33.5 Å². The third-order valence-corrected chi connectivity index (χ3v) is 4.72. The van der Waals surface area contributed by atoms with E-state index in [1.54, 1.807) is 18.3 Å². The minimum Gasteiger partial charge on any atom is -0.444 e. The maximum absolute atomic E-state index is 12.1. The second-order valence-corrected chi connectivity index (χ2v) is 7.18. The highest BCUT2D eigenvalue weighted by atomic mass is 79.9. The summed E-state index contributed by atoms with van der Waals surface area (Å²) in [5.41, 5.74) is 0. The van der Waals surface area contributed by atoms with Crippen molar-refractivity contribution < 1.29 is 9.21 Å². The van der Waals surface area contributed by atoms with E-state index in [-0.39, 0.29) is 11.9 Å². The summed E-state index contributed by atoms with van der Waals surface area (Å²) >= 11 is 3.21. The number of furan rings is 1. The van der Waals surface area contributed by atoms with Crippen LogP contribution in [-0.2, 0) is 0 Å². The molecule has 0 aromatic carbocycles. The quantitative estimate of drug-likeness (QED) is 0.792. The number of nitrogens with zero attached hydrogens (tertiary/aromatic N) is 3. The lowest BCUT2D eigenvalue weighted by Gasteiger charge is -2.29. The van der Waals surface area contributed by atoms with Crippen molar-refractivity contribution in [2.45, 2.75) is 37.8 Å². The maximum atomic E-state index is 12.1. The van der Waals surface area contributed by atoms with E-state index in [1.165, 1.54) is 0 Å². The summed E-state index contributed by atoms with van der Waals surface area (Å²) in [6.45, 7) is 0. The second-order valence-electron chi connectivity index (χ2n) is 6.40. The van der Waals surface area contributed by atoms with Crippen LogP contribution in [0.25, 0.3) is 0 Å². The summed E-state index contributed by atoms with van der Waals surface area (Å²) in [5, 5.41) is 6.44. The van der Waals surface area contributed by atoms with E-state index in [0.717, 1.165) is 31.5 Å². The Morgan fingerprint density at radius 2 is 1.92 bits per heavy atom. The average molecular weight is 408 g/mol. The van der Waals surface area contributed by atoms with Gasteiger partial charge in [-0.3, -0.25) is 4.79 Å². The first-order valence-electron chi connectivity index (χ1n) is 8.34. The zero-order valence-electron chi connectivity index (χ0n) is 14.3. The third kappa shape index (κ3) is 4.72. The van der Waals surface area contributed by atoms with Crippen LogP contribution < -0.4 is 15.5 Å². The van der Waals surface area contributed by atoms with Crippen molar-refractivity contribution in [3.63, 3.8) is 0 Å². The molecule has 1 saturated carbocycles. The lowest BCUT2D eigenvalue weighted by Crippen LogP contribution is -2.40. The molecule has 1 aliphatic carbocycles. The molecule has 0 atom stereocenters. The van der Waals surface area contributed by atoms with Crippen molar-refractivity contribution in [3.8, 4) is 0 Å². The van der Waals surface area contributed by atoms with E-state index in [2.05, 4.69) is 36.5 Å². The molecule has 0 bridgehead atoms. The summed E-state index contributed by atoms with van der Waals surface area (Å²) in [6.07, 6.45) is 5.51. The number of amides is 1. The number of rotatable bonds is 5. The van der Waals surface area contributed by atoms with Gasteiger partial charge in [0.25, 0.3) is 5.91 Å². The number of hydrogen-bond acceptors (Lipinski definition) is 6. The first-order valence-corrected chi connectivity index (χ1v) is 9.13. The molecule has 1 aliphatic rings. The molecule has 2 N–H and O–H groups in total. The van der Waals surface area contributed by atoms with Crippen molar-refractivity contribution in [3.05, 3.63) is 34.8 Å². The van der Waals surface area contributed by atoms with Crippen molar-refractivity contribution in [1.29, 1.82) is 0 Å². The Kier molecular flexibility index (Phi) is 5.57. The van der Waals surface area contributed by atoms with Gasteiger partial charge < -0.3 is 20.0 Å². The lowest BCUT2D eigenvalue weighted by molar-refractivity contribution is 0.0897. The number of carbonyl (C=O) groups excluding carboxylic acids is 1. The fourth-order valence-corrected chi connectivity index (χ4v) is 3.23. The normalized spacial score (nSPS) is 20.1. The predicted molar refractivity (Wildman–Crippen MR) is 99.9 cm³/mol. The first-order chi connectivity index (χ1) is 12.0. The second kappa shape index (κ2) is 7.86. The highest BCUT2D eigenvalue weighted by Crippen LogP contribution is 2.22. The molecule has 25 heavy (non-hydrogen) atoms. The zero-order chi connectivity index (χ0) is 17.8. The van der Waals surface area contributed by atoms with Crippen molar-refractivity contribution in [1.82, 2.24) is 15.3 Å². The van der Waals surface area contributed by atoms with Gasteiger partial charge >= 0.3 is 0 Å². The van der Waals surface area contributed by atoms with Gasteiger partial charge in [-0.15, -0.1) is 0 Å². The number of hydrogen-bond donors (Lipinski definition) is 2. The Balaban J connectivity index is 1.48. The third-order valence-electron chi connectivity index (χ3n) is 4.29. The molecular weight excluding hydrogens is 386 g/mol. The van der Waals surface area contributed by atoms with Crippen LogP contribution >= 0.6 is 15.9 Å². The average Bonchev–Trinajstić information content (AvgIpc) is 3.03. The van der Waals surface area contributed by atoms with Crippen LogP contribution in [0.4, 0.5) is 11.8 Å². The van der Waals surface area contributed by atoms with E-state index in [9.17, 15) is 4.79 Å². The lowest BCUT2D eigenvalue weighted by atomic mass is 9.91. The van der Waals surface area contributed by atoms with Crippen molar-refractivity contribution in [2.24, 2.45) is 0 Å². The van der Waals surface area contributed by atoms with Gasteiger partial charge in [0, 0.05) is 32.4 Å². The molecule has 1 amide bonds. The van der Waals surface area contributed by atoms with Gasteiger partial charge in [0.15, 0.2) is 10.4 Å². The Bertz CT molecular complexity index is 725. The summed E-state index contributed by atoms with van der Waals surface area (Å²) < 4.78 is 5.85. The van der Waals surface area contributed by atoms with E-state index < -0.39 is 0 Å². The number of nitrogens with one attached hydrogen (secondary N) is 2. The Morgan fingerprint density at radius 3 is 2.56 bits per heavy atom. The molecular formula is C17H22BrN5O2. The summed E-state index contributed by atoms with van der Waals surface area (Å²) in [5.74, 6) is 1.70. The standard InChI is InChI=1S/C17H22BrN5O2/c1-23(2)15-9-10-19-17(22-15)21-12-5-3-11(4-6-12)20-16(24)13-7-8-14(18)25-13/h7-12H,3-6H2,1-2H3,(H,20,24)(H,19,21,22). The highest BCUT2D eigenvalue weighted by molar-refractivity contribution is 9.10. The topological polar surface area (TPSA) is 83.3 Å². The molecule has 3 rings (SSSR count). The van der Waals surface area contributed by atoms with E-state index in [4.69, 9.17) is 4.42 Å². The van der Waals surface area contributed by atoms with Crippen LogP contribution in [0.3, 0.4) is 0 Å². The molecule has 1 fully saturated rings. The zero-order valence-corrected chi connectivity index (χ0v) is 15.9. The van der Waals surface area contributed by atoms with Gasteiger partial charge in [0.2, 0.25) is 5.95 Å². The minimum atomic E-state index is -0.163. The number of carbonyl (C=O) groups is 1. The molecule has 134 valence electrons. The Hall–Kier alpha value is -2.09. The van der Waals surface area contributed by atoms with Crippen LogP contribution in [0, 0.1) is 0 Å². The van der Waals surface area contributed by atoms with Gasteiger partial charge in [0.05, 0.1) is 0 Å². The minimum absolute atomic E-state index is 0.163. The van der Waals surface area contributed by atoms with Gasteiger partial charge in [0.1, 0.15) is 5.82 Å². The summed E-state index contributed by atoms with van der Waals surface area (Å²) in [4.78, 5) is 22.9. The van der Waals surface area contributed by atoms with Crippen LogP contribution in [0.2, 0.25) is 0 Å². The molecule has 2 heterocycles. The van der Waals surface area contributed by atoms with E-state index >= 15 is 0 Å². The fourth-order valence-electron chi connectivity index (χ4n) is 2.93. The first kappa shape index (κ1) is 17.7. The molecule has 0 saturated heterocycles. The molecule has 0 unspecified atom stereocenters. The van der Waals surface area contributed by atoms with Gasteiger partial charge in [-0.1, -0.05) is 0 Å². The number of anilines is 2. The summed E-state index contributed by atoms with van der Waals surface area (Å²) in [7, 11) is 3.91. The van der Waals surface area contributed by atoms with Crippen LogP contribution in [-0.4, -0.2) is 42.1 Å². The van der Waals surface area contributed by atoms with Gasteiger partial charge in [-0.2, -0.15) is 4.98 Å². The molecule has 0 radical (unpaired) electrons. The van der Waals surface area contributed by atoms with Gasteiger partial charge in [-0.05, 0) is 59.8 Å². The van der Waals surface area contributed by atoms with Crippen molar-refractivity contribution >= 4 is 33.6 Å². The maximum Gasteiger partial charge on any atom is 0.287 e. The monoisotopic (exact) mass is 407 g/mol. The number of halogens is 1. The molecule has 8 heteroatoms.